The molecule has 1 heterocycles. The summed E-state index contributed by atoms with van der Waals surface area (Å²) in [7, 11) is 5.92. The molecule has 0 radical (unpaired) electrons. The van der Waals surface area contributed by atoms with Crippen LogP contribution >= 0.6 is 0 Å². The van der Waals surface area contributed by atoms with Crippen LogP contribution < -0.4 is 0 Å². The quantitative estimate of drug-likeness (QED) is 0.782. The van der Waals surface area contributed by atoms with Crippen molar-refractivity contribution in [2.24, 2.45) is 0 Å². The van der Waals surface area contributed by atoms with Gasteiger partial charge in [0.05, 0.1) is 5.92 Å². The number of likely N-dealkylation sites (tertiary alicyclic amines) is 1. The molecule has 0 aromatic heterocycles. The number of nitrogens with zero attached hydrogens (tertiary/aromatic N) is 2. The number of piperidine rings is 1. The number of benzene rings is 1. The fraction of sp³-hybridized carbons (Fsp3) is 0.588. The van der Waals surface area contributed by atoms with Crippen molar-refractivity contribution < 1.29 is 4.79 Å². The van der Waals surface area contributed by atoms with Crippen LogP contribution in [-0.2, 0) is 10.2 Å². The third kappa shape index (κ3) is 2.05. The zero-order valence-electron chi connectivity index (χ0n) is 12.7. The maximum Gasteiger partial charge on any atom is 0.229 e. The first-order valence-corrected chi connectivity index (χ1v) is 7.53. The molecule has 1 aromatic carbocycles. The Hall–Kier alpha value is -1.35. The molecule has 0 saturated carbocycles. The summed E-state index contributed by atoms with van der Waals surface area (Å²) in [4.78, 5) is 16.7. The van der Waals surface area contributed by atoms with Crippen LogP contribution in [0.15, 0.2) is 24.3 Å². The Morgan fingerprint density at radius 1 is 1.25 bits per heavy atom. The lowest BCUT2D eigenvalue weighted by molar-refractivity contribution is -0.130. The SMILES string of the molecule is CN1CCC2(CC1)C[C@H](C(=O)N(C)C)c1ccccc12. The summed E-state index contributed by atoms with van der Waals surface area (Å²) in [6, 6.07) is 8.61. The number of hydrogen-bond donors (Lipinski definition) is 0. The lowest BCUT2D eigenvalue weighted by Crippen LogP contribution is -2.40. The third-order valence-electron chi connectivity index (χ3n) is 5.19. The van der Waals surface area contributed by atoms with Crippen molar-refractivity contribution in [1.29, 1.82) is 0 Å². The molecule has 3 nitrogen and oxygen atoms in total. The van der Waals surface area contributed by atoms with Crippen LogP contribution in [0, 0.1) is 0 Å². The molecule has 1 amide bonds. The zero-order valence-corrected chi connectivity index (χ0v) is 12.7. The molecule has 1 fully saturated rings. The highest BCUT2D eigenvalue weighted by molar-refractivity contribution is 5.85. The minimum absolute atomic E-state index is 0.0598. The summed E-state index contributed by atoms with van der Waals surface area (Å²) in [5.74, 6) is 0.317. The highest BCUT2D eigenvalue weighted by Crippen LogP contribution is 2.51. The smallest absolute Gasteiger partial charge is 0.229 e. The van der Waals surface area contributed by atoms with E-state index in [9.17, 15) is 4.79 Å². The van der Waals surface area contributed by atoms with Crippen molar-refractivity contribution in [1.82, 2.24) is 9.80 Å². The van der Waals surface area contributed by atoms with E-state index in [0.29, 0.717) is 0 Å². The largest absolute Gasteiger partial charge is 0.348 e. The average molecular weight is 272 g/mol. The Kier molecular flexibility index (Phi) is 3.33. The molecular formula is C17H24N2O. The van der Waals surface area contributed by atoms with Crippen molar-refractivity contribution in [3.05, 3.63) is 35.4 Å². The van der Waals surface area contributed by atoms with E-state index in [1.165, 1.54) is 24.0 Å². The predicted octanol–water partition coefficient (Wildman–Crippen LogP) is 2.23. The van der Waals surface area contributed by atoms with Gasteiger partial charge in [0.25, 0.3) is 0 Å². The standard InChI is InChI=1S/C17H24N2O/c1-18(2)16(20)14-12-17(8-10-19(3)11-9-17)15-7-5-4-6-13(14)15/h4-7,14H,8-12H2,1-3H3/t14-/m0/s1. The number of amides is 1. The van der Waals surface area contributed by atoms with Crippen LogP contribution in [0.5, 0.6) is 0 Å². The van der Waals surface area contributed by atoms with Gasteiger partial charge in [-0.05, 0) is 55.9 Å². The molecule has 2 aliphatic rings. The van der Waals surface area contributed by atoms with Gasteiger partial charge in [-0.3, -0.25) is 4.79 Å². The van der Waals surface area contributed by atoms with Gasteiger partial charge >= 0.3 is 0 Å². The molecule has 1 aliphatic heterocycles. The minimum Gasteiger partial charge on any atom is -0.348 e. The molecule has 1 saturated heterocycles. The minimum atomic E-state index is 0.0598. The Balaban J connectivity index is 1.98. The number of fused-ring (bicyclic) bond motifs is 2. The van der Waals surface area contributed by atoms with Crippen LogP contribution in [0.4, 0.5) is 0 Å². The summed E-state index contributed by atoms with van der Waals surface area (Å²) >= 11 is 0. The summed E-state index contributed by atoms with van der Waals surface area (Å²) in [6.45, 7) is 2.27. The van der Waals surface area contributed by atoms with Crippen molar-refractivity contribution in [3.8, 4) is 0 Å². The Bertz CT molecular complexity index is 515. The maximum atomic E-state index is 12.5. The highest BCUT2D eigenvalue weighted by atomic mass is 16.2. The lowest BCUT2D eigenvalue weighted by Gasteiger charge is -2.39. The average Bonchev–Trinajstić information content (AvgIpc) is 2.77. The van der Waals surface area contributed by atoms with Gasteiger partial charge in [-0.15, -0.1) is 0 Å². The van der Waals surface area contributed by atoms with Crippen LogP contribution in [0.1, 0.15) is 36.3 Å². The van der Waals surface area contributed by atoms with E-state index in [2.05, 4.69) is 36.2 Å². The first-order chi connectivity index (χ1) is 9.53. The van der Waals surface area contributed by atoms with E-state index in [4.69, 9.17) is 0 Å². The van der Waals surface area contributed by atoms with Gasteiger partial charge in [0.2, 0.25) is 5.91 Å². The summed E-state index contributed by atoms with van der Waals surface area (Å²) < 4.78 is 0. The van der Waals surface area contributed by atoms with Crippen molar-refractivity contribution in [2.45, 2.75) is 30.6 Å². The fourth-order valence-corrected chi connectivity index (χ4v) is 3.95. The van der Waals surface area contributed by atoms with Crippen LogP contribution in [0.2, 0.25) is 0 Å². The second kappa shape index (κ2) is 4.88. The highest BCUT2D eigenvalue weighted by Gasteiger charge is 2.47. The summed E-state index contributed by atoms with van der Waals surface area (Å²) in [6.07, 6.45) is 3.35. The van der Waals surface area contributed by atoms with Gasteiger partial charge < -0.3 is 9.80 Å². The second-order valence-electron chi connectivity index (χ2n) is 6.66. The normalized spacial score (nSPS) is 24.6. The molecule has 0 bridgehead atoms. The van der Waals surface area contributed by atoms with Crippen molar-refractivity contribution in [2.75, 3.05) is 34.2 Å². The molecule has 3 rings (SSSR count). The van der Waals surface area contributed by atoms with Gasteiger partial charge in [0.15, 0.2) is 0 Å². The molecule has 1 spiro atoms. The first-order valence-electron chi connectivity index (χ1n) is 7.53. The van der Waals surface area contributed by atoms with Crippen molar-refractivity contribution in [3.63, 3.8) is 0 Å². The maximum absolute atomic E-state index is 12.5. The second-order valence-corrected chi connectivity index (χ2v) is 6.66. The number of rotatable bonds is 1. The van der Waals surface area contributed by atoms with Crippen LogP contribution in [0.3, 0.4) is 0 Å². The Labute approximate surface area is 121 Å². The van der Waals surface area contributed by atoms with E-state index in [0.717, 1.165) is 19.5 Å². The predicted molar refractivity (Wildman–Crippen MR) is 80.9 cm³/mol. The molecule has 0 N–H and O–H groups in total. The monoisotopic (exact) mass is 272 g/mol. The Morgan fingerprint density at radius 3 is 2.55 bits per heavy atom. The number of hydrogen-bond acceptors (Lipinski definition) is 2. The van der Waals surface area contributed by atoms with Crippen molar-refractivity contribution >= 4 is 5.91 Å². The van der Waals surface area contributed by atoms with Gasteiger partial charge in [-0.1, -0.05) is 24.3 Å². The molecule has 1 atom stereocenters. The third-order valence-corrected chi connectivity index (χ3v) is 5.19. The van der Waals surface area contributed by atoms with Gasteiger partial charge in [-0.2, -0.15) is 0 Å². The van der Waals surface area contributed by atoms with Crippen LogP contribution in [-0.4, -0.2) is 49.9 Å². The summed E-state index contributed by atoms with van der Waals surface area (Å²) in [5.41, 5.74) is 2.95. The molecule has 3 heteroatoms. The first kappa shape index (κ1) is 13.6. The molecule has 108 valence electrons. The Morgan fingerprint density at radius 2 is 1.90 bits per heavy atom. The topological polar surface area (TPSA) is 23.6 Å². The van der Waals surface area contributed by atoms with Gasteiger partial charge in [0.1, 0.15) is 0 Å². The van der Waals surface area contributed by atoms with Gasteiger partial charge in [-0.25, -0.2) is 0 Å². The van der Waals surface area contributed by atoms with Crippen LogP contribution in [0.25, 0.3) is 0 Å². The zero-order chi connectivity index (χ0) is 14.3. The molecule has 1 aromatic rings. The molecular weight excluding hydrogens is 248 g/mol. The number of carbonyl (C=O) groups excluding carboxylic acids is 1. The van der Waals surface area contributed by atoms with E-state index < -0.39 is 0 Å². The van der Waals surface area contributed by atoms with E-state index in [1.807, 2.05) is 14.1 Å². The van der Waals surface area contributed by atoms with E-state index in [-0.39, 0.29) is 17.2 Å². The number of carbonyl (C=O) groups is 1. The van der Waals surface area contributed by atoms with E-state index in [1.54, 1.807) is 4.90 Å². The fourth-order valence-electron chi connectivity index (χ4n) is 3.95. The van der Waals surface area contributed by atoms with Gasteiger partial charge in [0, 0.05) is 14.1 Å². The van der Waals surface area contributed by atoms with E-state index >= 15 is 0 Å². The molecule has 20 heavy (non-hydrogen) atoms. The number of likely N-dealkylation sites (N-methyl/N-ethyl adjacent to an activating group) is 1. The summed E-state index contributed by atoms with van der Waals surface area (Å²) in [5, 5.41) is 0. The lowest BCUT2D eigenvalue weighted by atomic mass is 9.73. The molecule has 0 unspecified atom stereocenters. The molecule has 1 aliphatic carbocycles.